The number of aliphatic hydroxyl groups is 1. The number of ether oxygens (including phenoxy) is 3. The van der Waals surface area contributed by atoms with Crippen LogP contribution in [-0.2, 0) is 18.6 Å². The Morgan fingerprint density at radius 2 is 1.57 bits per heavy atom. The fourth-order valence-corrected chi connectivity index (χ4v) is 4.63. The summed E-state index contributed by atoms with van der Waals surface area (Å²) >= 11 is 0. The molecule has 2 unspecified atom stereocenters. The van der Waals surface area contributed by atoms with Gasteiger partial charge < -0.3 is 23.7 Å². The van der Waals surface area contributed by atoms with E-state index < -0.39 is 50.9 Å². The molecule has 1 heterocycles. The van der Waals surface area contributed by atoms with Gasteiger partial charge in [0.05, 0.1) is 11.1 Å². The summed E-state index contributed by atoms with van der Waals surface area (Å²) in [6.07, 6.45) is -5.03. The van der Waals surface area contributed by atoms with Crippen LogP contribution < -0.4 is 0 Å². The second-order valence-corrected chi connectivity index (χ2v) is 15.1. The number of esters is 2. The van der Waals surface area contributed by atoms with Gasteiger partial charge in [0, 0.05) is 4.91 Å². The quantitative estimate of drug-likeness (QED) is 0.170. The summed E-state index contributed by atoms with van der Waals surface area (Å²) in [5, 5.41) is 14.7. The normalized spacial score (nSPS) is 24.0. The average molecular weight is 528 g/mol. The summed E-state index contributed by atoms with van der Waals surface area (Å²) < 4.78 is 23.5. The maximum atomic E-state index is 12.9. The van der Waals surface area contributed by atoms with Gasteiger partial charge in [0.2, 0.25) is 0 Å². The zero-order valence-corrected chi connectivity index (χ0v) is 22.6. The van der Waals surface area contributed by atoms with E-state index in [1.807, 2.05) is 33.9 Å². The van der Waals surface area contributed by atoms with Crippen LogP contribution in [0.25, 0.3) is 10.4 Å². The molecule has 2 aromatic carbocycles. The van der Waals surface area contributed by atoms with Crippen molar-refractivity contribution < 1.29 is 33.3 Å². The number of hydrogen-bond acceptors (Lipinski definition) is 8. The molecule has 1 aliphatic rings. The first-order chi connectivity index (χ1) is 17.4. The van der Waals surface area contributed by atoms with Crippen LogP contribution in [0.5, 0.6) is 0 Å². The van der Waals surface area contributed by atoms with Crippen LogP contribution in [0, 0.1) is 0 Å². The van der Waals surface area contributed by atoms with Crippen LogP contribution in [0.1, 0.15) is 41.5 Å². The Morgan fingerprint density at radius 1 is 1.03 bits per heavy atom. The molecule has 3 rings (SSSR count). The molecule has 0 bridgehead atoms. The van der Waals surface area contributed by atoms with E-state index >= 15 is 0 Å². The summed E-state index contributed by atoms with van der Waals surface area (Å²) in [7, 11) is -2.48. The molecule has 5 atom stereocenters. The van der Waals surface area contributed by atoms with Gasteiger partial charge in [0.25, 0.3) is 0 Å². The largest absolute Gasteiger partial charge is 0.459 e. The van der Waals surface area contributed by atoms with Crippen molar-refractivity contribution in [3.8, 4) is 0 Å². The minimum absolute atomic E-state index is 0.223. The first-order valence-electron chi connectivity index (χ1n) is 12.0. The number of carbonyl (C=O) groups excluding carboxylic acids is 2. The zero-order chi connectivity index (χ0) is 27.2. The van der Waals surface area contributed by atoms with E-state index in [2.05, 4.69) is 10.0 Å². The number of azide groups is 1. The SMILES string of the molecule is CC(C)(C)[Si](C)(C)O[C@@H]1OC(COC(=O)c2ccccc2)[C@@H](O)C(OC(=O)c2ccccc2)[C@@H]1N=[N+]=[N-]. The molecule has 0 amide bonds. The third kappa shape index (κ3) is 6.97. The van der Waals surface area contributed by atoms with Gasteiger partial charge in [0.15, 0.2) is 14.6 Å². The topological polar surface area (TPSA) is 140 Å². The highest BCUT2D eigenvalue weighted by molar-refractivity contribution is 6.74. The molecule has 1 aliphatic heterocycles. The number of hydrogen-bond donors (Lipinski definition) is 1. The molecule has 0 saturated carbocycles. The Kier molecular flexibility index (Phi) is 9.11. The summed E-state index contributed by atoms with van der Waals surface area (Å²) in [5.74, 6) is -1.32. The third-order valence-corrected chi connectivity index (χ3v) is 11.1. The number of aliphatic hydroxyl groups excluding tert-OH is 1. The van der Waals surface area contributed by atoms with Crippen molar-refractivity contribution in [2.45, 2.75) is 69.5 Å². The van der Waals surface area contributed by atoms with Crippen molar-refractivity contribution in [2.75, 3.05) is 6.61 Å². The predicted molar refractivity (Wildman–Crippen MR) is 138 cm³/mol. The number of carbonyl (C=O) groups is 2. The van der Waals surface area contributed by atoms with Gasteiger partial charge in [0.1, 0.15) is 31.0 Å². The van der Waals surface area contributed by atoms with E-state index in [0.29, 0.717) is 5.56 Å². The molecule has 1 saturated heterocycles. The lowest BCUT2D eigenvalue weighted by Gasteiger charge is -2.46. The van der Waals surface area contributed by atoms with Crippen molar-refractivity contribution >= 4 is 20.3 Å². The Hall–Kier alpha value is -3.21. The lowest BCUT2D eigenvalue weighted by molar-refractivity contribution is -0.242. The van der Waals surface area contributed by atoms with Crippen molar-refractivity contribution in [3.63, 3.8) is 0 Å². The molecule has 0 aliphatic carbocycles. The second kappa shape index (κ2) is 11.9. The van der Waals surface area contributed by atoms with Crippen molar-refractivity contribution in [1.82, 2.24) is 0 Å². The highest BCUT2D eigenvalue weighted by Gasteiger charge is 2.51. The van der Waals surface area contributed by atoms with Crippen LogP contribution in [0.2, 0.25) is 18.1 Å². The van der Waals surface area contributed by atoms with E-state index in [9.17, 15) is 20.2 Å². The fraction of sp³-hybridized carbons (Fsp3) is 0.462. The first-order valence-corrected chi connectivity index (χ1v) is 14.9. The molecule has 0 spiro atoms. The summed E-state index contributed by atoms with van der Waals surface area (Å²) in [6.45, 7) is 9.74. The molecular weight excluding hydrogens is 494 g/mol. The summed E-state index contributed by atoms with van der Waals surface area (Å²) in [4.78, 5) is 28.3. The van der Waals surface area contributed by atoms with Gasteiger partial charge in [-0.25, -0.2) is 9.59 Å². The van der Waals surface area contributed by atoms with Crippen LogP contribution in [0.4, 0.5) is 0 Å². The van der Waals surface area contributed by atoms with Crippen LogP contribution >= 0.6 is 0 Å². The zero-order valence-electron chi connectivity index (χ0n) is 21.6. The Labute approximate surface area is 217 Å². The number of rotatable bonds is 8. The van der Waals surface area contributed by atoms with Gasteiger partial charge in [-0.05, 0) is 47.9 Å². The van der Waals surface area contributed by atoms with Gasteiger partial charge >= 0.3 is 11.9 Å². The molecule has 1 N–H and O–H groups in total. The molecule has 10 nitrogen and oxygen atoms in total. The second-order valence-electron chi connectivity index (χ2n) is 10.3. The Bertz CT molecular complexity index is 1120. The molecule has 11 heteroatoms. The van der Waals surface area contributed by atoms with Crippen LogP contribution in [0.15, 0.2) is 65.8 Å². The fourth-order valence-electron chi connectivity index (χ4n) is 3.50. The third-order valence-electron chi connectivity index (χ3n) is 6.68. The van der Waals surface area contributed by atoms with E-state index in [4.69, 9.17) is 18.6 Å². The van der Waals surface area contributed by atoms with E-state index in [0.717, 1.165) is 0 Å². The lowest BCUT2D eigenvalue weighted by atomic mass is 9.97. The lowest BCUT2D eigenvalue weighted by Crippen LogP contribution is -2.62. The maximum Gasteiger partial charge on any atom is 0.338 e. The van der Waals surface area contributed by atoms with Gasteiger partial charge in [-0.3, -0.25) is 0 Å². The summed E-state index contributed by atoms with van der Waals surface area (Å²) in [6, 6.07) is 15.5. The highest BCUT2D eigenvalue weighted by Crippen LogP contribution is 2.40. The first kappa shape index (κ1) is 28.4. The summed E-state index contributed by atoms with van der Waals surface area (Å²) in [5.41, 5.74) is 9.88. The Balaban J connectivity index is 1.90. The minimum Gasteiger partial charge on any atom is -0.459 e. The molecule has 0 aromatic heterocycles. The monoisotopic (exact) mass is 527 g/mol. The van der Waals surface area contributed by atoms with Gasteiger partial charge in [-0.1, -0.05) is 62.3 Å². The number of benzene rings is 2. The highest BCUT2D eigenvalue weighted by atomic mass is 28.4. The van der Waals surface area contributed by atoms with E-state index in [-0.39, 0.29) is 17.2 Å². The standard InChI is InChI=1S/C26H33N3O7Si/c1-26(2,3)37(4,5)36-25-20(28-29-27)22(35-24(32)18-14-10-7-11-15-18)21(30)19(34-25)16-33-23(31)17-12-8-6-9-13-17/h6-15,19-22,25,30H,16H2,1-5H3/t19?,20-,21+,22?,25-/m0/s1. The molecule has 0 radical (unpaired) electrons. The predicted octanol–water partition coefficient (Wildman–Crippen LogP) is 4.86. The van der Waals surface area contributed by atoms with Gasteiger partial charge in [-0.2, -0.15) is 0 Å². The van der Waals surface area contributed by atoms with Crippen LogP contribution in [-0.4, -0.2) is 62.6 Å². The maximum absolute atomic E-state index is 12.9. The van der Waals surface area contributed by atoms with Gasteiger partial charge in [-0.15, -0.1) is 0 Å². The minimum atomic E-state index is -2.48. The van der Waals surface area contributed by atoms with Crippen molar-refractivity contribution in [2.24, 2.45) is 5.11 Å². The average Bonchev–Trinajstić information content (AvgIpc) is 2.86. The van der Waals surface area contributed by atoms with Crippen LogP contribution in [0.3, 0.4) is 0 Å². The molecule has 198 valence electrons. The van der Waals surface area contributed by atoms with Crippen molar-refractivity contribution in [1.29, 1.82) is 0 Å². The Morgan fingerprint density at radius 3 is 2.08 bits per heavy atom. The molecule has 37 heavy (non-hydrogen) atoms. The molecule has 1 fully saturated rings. The smallest absolute Gasteiger partial charge is 0.338 e. The molecule has 2 aromatic rings. The van der Waals surface area contributed by atoms with E-state index in [1.165, 1.54) is 0 Å². The van der Waals surface area contributed by atoms with E-state index in [1.54, 1.807) is 60.7 Å². The number of nitrogens with zero attached hydrogens (tertiary/aromatic N) is 3. The molecular formula is C26H33N3O7Si. The van der Waals surface area contributed by atoms with Crippen molar-refractivity contribution in [3.05, 3.63) is 82.2 Å².